The third-order valence-electron chi connectivity index (χ3n) is 4.51. The molecule has 0 aliphatic carbocycles. The highest BCUT2D eigenvalue weighted by molar-refractivity contribution is 6.30. The molecule has 0 aliphatic rings. The van der Waals surface area contributed by atoms with Crippen molar-refractivity contribution in [3.8, 4) is 11.5 Å². The summed E-state index contributed by atoms with van der Waals surface area (Å²) in [5.74, 6) is 1.04. The topological polar surface area (TPSA) is 30.5 Å². The quantitative estimate of drug-likeness (QED) is 0.427. The zero-order chi connectivity index (χ0) is 20.5. The second-order valence-corrected chi connectivity index (χ2v) is 7.05. The fraction of sp³-hybridized carbons (Fsp3) is 0.250. The summed E-state index contributed by atoms with van der Waals surface area (Å²) in [4.78, 5) is 0. The Morgan fingerprint density at radius 2 is 1.66 bits per heavy atom. The van der Waals surface area contributed by atoms with Crippen molar-refractivity contribution < 1.29 is 13.9 Å². The van der Waals surface area contributed by atoms with Crippen molar-refractivity contribution in [2.45, 2.75) is 26.5 Å². The van der Waals surface area contributed by atoms with E-state index in [1.54, 1.807) is 18.2 Å². The predicted molar refractivity (Wildman–Crippen MR) is 115 cm³/mol. The first-order valence-corrected chi connectivity index (χ1v) is 10.1. The highest BCUT2D eigenvalue weighted by Gasteiger charge is 2.12. The highest BCUT2D eigenvalue weighted by Crippen LogP contribution is 2.32. The van der Waals surface area contributed by atoms with Crippen LogP contribution in [0.4, 0.5) is 4.39 Å². The van der Waals surface area contributed by atoms with Crippen molar-refractivity contribution in [3.05, 3.63) is 94.3 Å². The van der Waals surface area contributed by atoms with Gasteiger partial charge in [0.15, 0.2) is 11.5 Å². The molecule has 29 heavy (non-hydrogen) atoms. The standard InChI is InChI=1S/C24H25ClFNO2/c1-2-28-23-9-5-7-19(16-27-15-14-18-10-12-21(25)13-11-18)24(23)29-17-20-6-3-4-8-22(20)26/h3-13,27H,2,14-17H2,1H3. The molecule has 0 aliphatic heterocycles. The molecule has 152 valence electrons. The van der Waals surface area contributed by atoms with Crippen molar-refractivity contribution in [2.24, 2.45) is 0 Å². The molecule has 0 unspecified atom stereocenters. The fourth-order valence-corrected chi connectivity index (χ4v) is 3.13. The summed E-state index contributed by atoms with van der Waals surface area (Å²) in [5.41, 5.74) is 2.71. The van der Waals surface area contributed by atoms with Crippen molar-refractivity contribution in [2.75, 3.05) is 13.2 Å². The maximum absolute atomic E-state index is 13.9. The number of ether oxygens (including phenoxy) is 2. The number of halogens is 2. The van der Waals surface area contributed by atoms with Crippen LogP contribution in [0.3, 0.4) is 0 Å². The molecule has 3 aromatic carbocycles. The number of nitrogens with one attached hydrogen (secondary N) is 1. The third-order valence-corrected chi connectivity index (χ3v) is 4.76. The second kappa shape index (κ2) is 10.8. The van der Waals surface area contributed by atoms with Crippen LogP contribution in [0, 0.1) is 5.82 Å². The Morgan fingerprint density at radius 3 is 2.41 bits per heavy atom. The molecule has 0 atom stereocenters. The van der Waals surface area contributed by atoms with E-state index in [0.29, 0.717) is 30.2 Å². The van der Waals surface area contributed by atoms with Crippen molar-refractivity contribution in [3.63, 3.8) is 0 Å². The van der Waals surface area contributed by atoms with Crippen LogP contribution in [0.5, 0.6) is 11.5 Å². The number of hydrogen-bond acceptors (Lipinski definition) is 3. The van der Waals surface area contributed by atoms with Gasteiger partial charge in [-0.15, -0.1) is 0 Å². The number of benzene rings is 3. The molecule has 0 radical (unpaired) electrons. The predicted octanol–water partition coefficient (Wildman–Crippen LogP) is 5.79. The van der Waals surface area contributed by atoms with Crippen LogP contribution in [0.2, 0.25) is 5.02 Å². The molecule has 3 rings (SSSR count). The van der Waals surface area contributed by atoms with Crippen LogP contribution in [-0.2, 0) is 19.6 Å². The maximum atomic E-state index is 13.9. The van der Waals surface area contributed by atoms with E-state index >= 15 is 0 Å². The smallest absolute Gasteiger partial charge is 0.166 e. The van der Waals surface area contributed by atoms with Gasteiger partial charge in [0, 0.05) is 22.7 Å². The summed E-state index contributed by atoms with van der Waals surface area (Å²) in [6.07, 6.45) is 0.897. The molecule has 0 spiro atoms. The first-order chi connectivity index (χ1) is 14.2. The van der Waals surface area contributed by atoms with Crippen LogP contribution in [0.25, 0.3) is 0 Å². The Hall–Kier alpha value is -2.56. The van der Waals surface area contributed by atoms with E-state index in [1.807, 2.05) is 49.4 Å². The molecule has 0 aromatic heterocycles. The molecule has 3 aromatic rings. The zero-order valence-electron chi connectivity index (χ0n) is 16.5. The van der Waals surface area contributed by atoms with Gasteiger partial charge in [-0.2, -0.15) is 0 Å². The lowest BCUT2D eigenvalue weighted by molar-refractivity contribution is 0.262. The molecule has 0 amide bonds. The number of hydrogen-bond donors (Lipinski definition) is 1. The van der Waals surface area contributed by atoms with Crippen LogP contribution in [0.1, 0.15) is 23.6 Å². The van der Waals surface area contributed by atoms with Crippen LogP contribution in [0.15, 0.2) is 66.7 Å². The monoisotopic (exact) mass is 413 g/mol. The zero-order valence-corrected chi connectivity index (χ0v) is 17.2. The molecule has 5 heteroatoms. The first kappa shape index (κ1) is 21.2. The molecule has 0 saturated heterocycles. The SMILES string of the molecule is CCOc1cccc(CNCCc2ccc(Cl)cc2)c1OCc1ccccc1F. The summed E-state index contributed by atoms with van der Waals surface area (Å²) in [5, 5.41) is 4.18. The molecular weight excluding hydrogens is 389 g/mol. The minimum absolute atomic E-state index is 0.147. The lowest BCUT2D eigenvalue weighted by atomic mass is 10.1. The minimum atomic E-state index is -0.274. The van der Waals surface area contributed by atoms with Gasteiger partial charge in [0.2, 0.25) is 0 Å². The molecule has 0 saturated carbocycles. The van der Waals surface area contributed by atoms with E-state index in [9.17, 15) is 4.39 Å². The van der Waals surface area contributed by atoms with Crippen molar-refractivity contribution >= 4 is 11.6 Å². The molecule has 1 N–H and O–H groups in total. The lowest BCUT2D eigenvalue weighted by Gasteiger charge is -2.17. The molecule has 0 fully saturated rings. The summed E-state index contributed by atoms with van der Waals surface area (Å²) >= 11 is 5.93. The highest BCUT2D eigenvalue weighted by atomic mass is 35.5. The summed E-state index contributed by atoms with van der Waals surface area (Å²) < 4.78 is 25.7. The van der Waals surface area contributed by atoms with E-state index in [2.05, 4.69) is 5.32 Å². The Balaban J connectivity index is 1.64. The van der Waals surface area contributed by atoms with E-state index in [0.717, 1.165) is 23.6 Å². The average molecular weight is 414 g/mol. The molecule has 0 heterocycles. The molecule has 3 nitrogen and oxygen atoms in total. The first-order valence-electron chi connectivity index (χ1n) is 9.73. The molecule has 0 bridgehead atoms. The van der Waals surface area contributed by atoms with E-state index in [-0.39, 0.29) is 12.4 Å². The maximum Gasteiger partial charge on any atom is 0.166 e. The second-order valence-electron chi connectivity index (χ2n) is 6.61. The van der Waals surface area contributed by atoms with Gasteiger partial charge >= 0.3 is 0 Å². The lowest BCUT2D eigenvalue weighted by Crippen LogP contribution is -2.17. The van der Waals surface area contributed by atoms with Gasteiger partial charge in [-0.05, 0) is 49.7 Å². The summed E-state index contributed by atoms with van der Waals surface area (Å²) in [6, 6.07) is 20.3. The van der Waals surface area contributed by atoms with Gasteiger partial charge < -0.3 is 14.8 Å². The third kappa shape index (κ3) is 6.21. The Morgan fingerprint density at radius 1 is 0.897 bits per heavy atom. The average Bonchev–Trinajstić information content (AvgIpc) is 2.73. The van der Waals surface area contributed by atoms with Crippen molar-refractivity contribution in [1.82, 2.24) is 5.32 Å². The van der Waals surface area contributed by atoms with Crippen LogP contribution in [-0.4, -0.2) is 13.2 Å². The van der Waals surface area contributed by atoms with Gasteiger partial charge in [0.1, 0.15) is 12.4 Å². The van der Waals surface area contributed by atoms with Gasteiger partial charge in [0.05, 0.1) is 6.61 Å². The summed E-state index contributed by atoms with van der Waals surface area (Å²) in [7, 11) is 0. The van der Waals surface area contributed by atoms with E-state index in [1.165, 1.54) is 11.6 Å². The van der Waals surface area contributed by atoms with Gasteiger partial charge in [-0.1, -0.05) is 54.1 Å². The largest absolute Gasteiger partial charge is 0.490 e. The minimum Gasteiger partial charge on any atom is -0.490 e. The van der Waals surface area contributed by atoms with Gasteiger partial charge in [-0.25, -0.2) is 4.39 Å². The Bertz CT molecular complexity index is 915. The normalized spacial score (nSPS) is 10.7. The van der Waals surface area contributed by atoms with Crippen molar-refractivity contribution in [1.29, 1.82) is 0 Å². The van der Waals surface area contributed by atoms with Crippen LogP contribution < -0.4 is 14.8 Å². The fourth-order valence-electron chi connectivity index (χ4n) is 3.01. The van der Waals surface area contributed by atoms with Crippen LogP contribution >= 0.6 is 11.6 Å². The van der Waals surface area contributed by atoms with E-state index in [4.69, 9.17) is 21.1 Å². The number of para-hydroxylation sites is 1. The van der Waals surface area contributed by atoms with Gasteiger partial charge in [-0.3, -0.25) is 0 Å². The number of rotatable bonds is 10. The summed E-state index contributed by atoms with van der Waals surface area (Å²) in [6.45, 7) is 4.05. The Kier molecular flexibility index (Phi) is 7.91. The molecular formula is C24H25ClFNO2. The van der Waals surface area contributed by atoms with E-state index < -0.39 is 0 Å². The van der Waals surface area contributed by atoms with Gasteiger partial charge in [0.25, 0.3) is 0 Å². The Labute approximate surface area is 176 Å².